The number of nitrogens with zero attached hydrogens (tertiary/aromatic N) is 1. The molecule has 2 rings (SSSR count). The minimum absolute atomic E-state index is 0.128. The van der Waals surface area contributed by atoms with Gasteiger partial charge in [0.1, 0.15) is 0 Å². The highest BCUT2D eigenvalue weighted by molar-refractivity contribution is 5.99. The standard InChI is InChI=1S/C13H15F3N2O2/c1-18(8-5-6-20-7-8)12(19)9-3-2-4-10(11(9)17)13(14,15)16/h2-4,8H,5-7,17H2,1H3. The van der Waals surface area contributed by atoms with Crippen molar-refractivity contribution in [3.63, 3.8) is 0 Å². The normalized spacial score (nSPS) is 19.1. The average Bonchev–Trinajstić information content (AvgIpc) is 2.89. The predicted molar refractivity (Wildman–Crippen MR) is 67.2 cm³/mol. The molecule has 1 amide bonds. The van der Waals surface area contributed by atoms with Crippen molar-refractivity contribution in [3.05, 3.63) is 29.3 Å². The Bertz CT molecular complexity index is 511. The summed E-state index contributed by atoms with van der Waals surface area (Å²) in [7, 11) is 1.54. The van der Waals surface area contributed by atoms with Gasteiger partial charge >= 0.3 is 6.18 Å². The Labute approximate surface area is 114 Å². The molecular formula is C13H15F3N2O2. The number of hydrogen-bond donors (Lipinski definition) is 1. The van der Waals surface area contributed by atoms with Gasteiger partial charge in [0.2, 0.25) is 0 Å². The summed E-state index contributed by atoms with van der Waals surface area (Å²) in [5.41, 5.74) is 3.86. The molecule has 1 aromatic carbocycles. The van der Waals surface area contributed by atoms with E-state index in [0.29, 0.717) is 19.6 Å². The van der Waals surface area contributed by atoms with Gasteiger partial charge < -0.3 is 15.4 Å². The van der Waals surface area contributed by atoms with Crippen LogP contribution < -0.4 is 5.73 Å². The Hall–Kier alpha value is -1.76. The number of para-hydroxylation sites is 1. The highest BCUT2D eigenvalue weighted by Crippen LogP contribution is 2.35. The largest absolute Gasteiger partial charge is 0.418 e. The lowest BCUT2D eigenvalue weighted by molar-refractivity contribution is -0.136. The highest BCUT2D eigenvalue weighted by Gasteiger charge is 2.35. The molecule has 0 bridgehead atoms. The molecule has 0 saturated carbocycles. The van der Waals surface area contributed by atoms with Crippen molar-refractivity contribution in [1.29, 1.82) is 0 Å². The van der Waals surface area contributed by atoms with Crippen LogP contribution in [0, 0.1) is 0 Å². The van der Waals surface area contributed by atoms with E-state index in [1.165, 1.54) is 17.0 Å². The Morgan fingerprint density at radius 2 is 2.15 bits per heavy atom. The van der Waals surface area contributed by atoms with E-state index in [1.807, 2.05) is 0 Å². The zero-order chi connectivity index (χ0) is 14.9. The highest BCUT2D eigenvalue weighted by atomic mass is 19.4. The Balaban J connectivity index is 2.30. The van der Waals surface area contributed by atoms with E-state index < -0.39 is 23.3 Å². The number of ether oxygens (including phenoxy) is 1. The van der Waals surface area contributed by atoms with Crippen LogP contribution >= 0.6 is 0 Å². The molecule has 20 heavy (non-hydrogen) atoms. The molecule has 1 fully saturated rings. The zero-order valence-corrected chi connectivity index (χ0v) is 10.9. The summed E-state index contributed by atoms with van der Waals surface area (Å²) in [6.45, 7) is 0.932. The molecule has 1 aliphatic heterocycles. The summed E-state index contributed by atoms with van der Waals surface area (Å²) in [6.07, 6.45) is -3.91. The maximum Gasteiger partial charge on any atom is 0.418 e. The van der Waals surface area contributed by atoms with Crippen LogP contribution in [0.1, 0.15) is 22.3 Å². The summed E-state index contributed by atoms with van der Waals surface area (Å²) in [4.78, 5) is 13.6. The van der Waals surface area contributed by atoms with Crippen molar-refractivity contribution < 1.29 is 22.7 Å². The van der Waals surface area contributed by atoms with Crippen LogP contribution in [-0.4, -0.2) is 37.1 Å². The van der Waals surface area contributed by atoms with Crippen molar-refractivity contribution in [3.8, 4) is 0 Å². The number of anilines is 1. The van der Waals surface area contributed by atoms with Gasteiger partial charge in [0, 0.05) is 13.7 Å². The molecule has 0 aliphatic carbocycles. The third-order valence-corrected chi connectivity index (χ3v) is 3.42. The van der Waals surface area contributed by atoms with Gasteiger partial charge in [0.15, 0.2) is 0 Å². The molecule has 7 heteroatoms. The van der Waals surface area contributed by atoms with Crippen molar-refractivity contribution in [2.75, 3.05) is 26.0 Å². The minimum atomic E-state index is -4.57. The second-order valence-electron chi connectivity index (χ2n) is 4.70. The molecule has 2 N–H and O–H groups in total. The van der Waals surface area contributed by atoms with Gasteiger partial charge in [0.05, 0.1) is 29.5 Å². The summed E-state index contributed by atoms with van der Waals surface area (Å²) >= 11 is 0. The van der Waals surface area contributed by atoms with Crippen LogP contribution in [0.3, 0.4) is 0 Å². The summed E-state index contributed by atoms with van der Waals surface area (Å²) in [6, 6.07) is 3.23. The summed E-state index contributed by atoms with van der Waals surface area (Å²) in [5, 5.41) is 0. The maximum absolute atomic E-state index is 12.8. The first-order chi connectivity index (χ1) is 9.32. The molecule has 1 atom stereocenters. The fourth-order valence-corrected chi connectivity index (χ4v) is 2.18. The zero-order valence-electron chi connectivity index (χ0n) is 10.9. The van der Waals surface area contributed by atoms with Crippen molar-refractivity contribution in [2.24, 2.45) is 0 Å². The lowest BCUT2D eigenvalue weighted by atomic mass is 10.0. The number of hydrogen-bond acceptors (Lipinski definition) is 3. The van der Waals surface area contributed by atoms with Gasteiger partial charge in [-0.25, -0.2) is 0 Å². The number of carbonyl (C=O) groups excluding carboxylic acids is 1. The van der Waals surface area contributed by atoms with E-state index in [-0.39, 0.29) is 11.6 Å². The number of carbonyl (C=O) groups is 1. The molecule has 1 aromatic rings. The van der Waals surface area contributed by atoms with E-state index in [1.54, 1.807) is 7.05 Å². The Kier molecular flexibility index (Phi) is 3.89. The molecule has 1 unspecified atom stereocenters. The first-order valence-corrected chi connectivity index (χ1v) is 6.13. The van der Waals surface area contributed by atoms with Gasteiger partial charge in [-0.05, 0) is 18.6 Å². The Morgan fingerprint density at radius 1 is 1.45 bits per heavy atom. The number of benzene rings is 1. The van der Waals surface area contributed by atoms with E-state index in [0.717, 1.165) is 6.07 Å². The molecule has 4 nitrogen and oxygen atoms in total. The Morgan fingerprint density at radius 3 is 2.70 bits per heavy atom. The SMILES string of the molecule is CN(C(=O)c1cccc(C(F)(F)F)c1N)C1CCOC1. The number of halogens is 3. The lowest BCUT2D eigenvalue weighted by Gasteiger charge is -2.24. The van der Waals surface area contributed by atoms with Crippen LogP contribution in [0.25, 0.3) is 0 Å². The van der Waals surface area contributed by atoms with Crippen molar-refractivity contribution in [1.82, 2.24) is 4.90 Å². The van der Waals surface area contributed by atoms with Gasteiger partial charge in [-0.15, -0.1) is 0 Å². The summed E-state index contributed by atoms with van der Waals surface area (Å²) < 4.78 is 43.5. The first-order valence-electron chi connectivity index (χ1n) is 6.13. The van der Waals surface area contributed by atoms with E-state index in [2.05, 4.69) is 0 Å². The minimum Gasteiger partial charge on any atom is -0.398 e. The average molecular weight is 288 g/mol. The van der Waals surface area contributed by atoms with E-state index in [9.17, 15) is 18.0 Å². The smallest absolute Gasteiger partial charge is 0.398 e. The molecule has 0 radical (unpaired) electrons. The number of rotatable bonds is 2. The second-order valence-corrected chi connectivity index (χ2v) is 4.70. The molecule has 1 heterocycles. The lowest BCUT2D eigenvalue weighted by Crippen LogP contribution is -2.37. The third kappa shape index (κ3) is 2.72. The van der Waals surface area contributed by atoms with Gasteiger partial charge in [-0.2, -0.15) is 13.2 Å². The van der Waals surface area contributed by atoms with Gasteiger partial charge in [0.25, 0.3) is 5.91 Å². The molecule has 0 spiro atoms. The molecule has 1 aliphatic rings. The van der Waals surface area contributed by atoms with Crippen LogP contribution in [0.4, 0.5) is 18.9 Å². The van der Waals surface area contributed by atoms with Gasteiger partial charge in [-0.3, -0.25) is 4.79 Å². The van der Waals surface area contributed by atoms with Crippen LogP contribution in [0.15, 0.2) is 18.2 Å². The van der Waals surface area contributed by atoms with Crippen LogP contribution in [0.5, 0.6) is 0 Å². The second kappa shape index (κ2) is 5.32. The number of alkyl halides is 3. The quantitative estimate of drug-likeness (QED) is 0.848. The monoisotopic (exact) mass is 288 g/mol. The molecule has 1 saturated heterocycles. The predicted octanol–water partition coefficient (Wildman–Crippen LogP) is 2.15. The van der Waals surface area contributed by atoms with E-state index >= 15 is 0 Å². The fraction of sp³-hybridized carbons (Fsp3) is 0.462. The number of amides is 1. The first kappa shape index (κ1) is 14.6. The third-order valence-electron chi connectivity index (χ3n) is 3.42. The fourth-order valence-electron chi connectivity index (χ4n) is 2.18. The number of nitrogens with two attached hydrogens (primary N) is 1. The van der Waals surface area contributed by atoms with Crippen LogP contribution in [-0.2, 0) is 10.9 Å². The molecule has 110 valence electrons. The topological polar surface area (TPSA) is 55.6 Å². The van der Waals surface area contributed by atoms with E-state index in [4.69, 9.17) is 10.5 Å². The number of nitrogen functional groups attached to an aromatic ring is 1. The van der Waals surface area contributed by atoms with Crippen molar-refractivity contribution >= 4 is 11.6 Å². The maximum atomic E-state index is 12.8. The summed E-state index contributed by atoms with van der Waals surface area (Å²) in [5.74, 6) is -0.524. The number of likely N-dealkylation sites (N-methyl/N-ethyl adjacent to an activating group) is 1. The van der Waals surface area contributed by atoms with Gasteiger partial charge in [-0.1, -0.05) is 6.07 Å². The molecule has 0 aromatic heterocycles. The van der Waals surface area contributed by atoms with Crippen molar-refractivity contribution in [2.45, 2.75) is 18.6 Å². The molecular weight excluding hydrogens is 273 g/mol. The van der Waals surface area contributed by atoms with Crippen LogP contribution in [0.2, 0.25) is 0 Å².